The molecular formula is C14H28N2O3. The molecule has 2 unspecified atom stereocenters. The number of ether oxygens (including phenoxy) is 1. The maximum atomic E-state index is 12.4. The monoisotopic (exact) mass is 272 g/mol. The van der Waals surface area contributed by atoms with E-state index in [4.69, 9.17) is 10.5 Å². The van der Waals surface area contributed by atoms with Gasteiger partial charge in [0.1, 0.15) is 6.04 Å². The van der Waals surface area contributed by atoms with Gasteiger partial charge in [0.25, 0.3) is 0 Å². The normalized spacial score (nSPS) is 14.6. The van der Waals surface area contributed by atoms with Crippen LogP contribution in [0.15, 0.2) is 0 Å². The molecule has 112 valence electrons. The number of amides is 1. The smallest absolute Gasteiger partial charge is 0.328 e. The predicted molar refractivity (Wildman–Crippen MR) is 75.5 cm³/mol. The molecule has 5 nitrogen and oxygen atoms in total. The summed E-state index contributed by atoms with van der Waals surface area (Å²) in [6, 6.07) is -0.605. The number of rotatable bonds is 8. The maximum absolute atomic E-state index is 12.4. The van der Waals surface area contributed by atoms with Gasteiger partial charge in [-0.2, -0.15) is 0 Å². The summed E-state index contributed by atoms with van der Waals surface area (Å²) in [7, 11) is 1.33. The van der Waals surface area contributed by atoms with Crippen molar-refractivity contribution in [2.75, 3.05) is 13.7 Å². The van der Waals surface area contributed by atoms with Gasteiger partial charge in [0, 0.05) is 6.54 Å². The van der Waals surface area contributed by atoms with Crippen LogP contribution in [-0.2, 0) is 14.3 Å². The van der Waals surface area contributed by atoms with Crippen LogP contribution >= 0.6 is 0 Å². The van der Waals surface area contributed by atoms with Crippen LogP contribution in [0.25, 0.3) is 0 Å². The minimum absolute atomic E-state index is 0.0283. The Kier molecular flexibility index (Phi) is 7.68. The van der Waals surface area contributed by atoms with Crippen molar-refractivity contribution in [1.82, 2.24) is 5.32 Å². The third kappa shape index (κ3) is 4.20. The van der Waals surface area contributed by atoms with E-state index in [1.165, 1.54) is 7.11 Å². The Balaban J connectivity index is 5.03. The average Bonchev–Trinajstić information content (AvgIpc) is 2.45. The molecule has 1 amide bonds. The van der Waals surface area contributed by atoms with Crippen LogP contribution in [0, 0.1) is 11.3 Å². The second-order valence-electron chi connectivity index (χ2n) is 5.05. The van der Waals surface area contributed by atoms with Gasteiger partial charge in [-0.1, -0.05) is 34.1 Å². The zero-order valence-corrected chi connectivity index (χ0v) is 12.8. The highest BCUT2D eigenvalue weighted by atomic mass is 16.5. The van der Waals surface area contributed by atoms with Crippen LogP contribution in [0.5, 0.6) is 0 Å². The predicted octanol–water partition coefficient (Wildman–Crippen LogP) is 1.46. The van der Waals surface area contributed by atoms with Crippen molar-refractivity contribution in [2.45, 2.75) is 53.0 Å². The van der Waals surface area contributed by atoms with Gasteiger partial charge in [-0.3, -0.25) is 4.79 Å². The first-order valence-electron chi connectivity index (χ1n) is 7.01. The van der Waals surface area contributed by atoms with Gasteiger partial charge < -0.3 is 15.8 Å². The Morgan fingerprint density at radius 1 is 1.26 bits per heavy atom. The highest BCUT2D eigenvalue weighted by molar-refractivity contribution is 5.88. The minimum atomic E-state index is -0.605. The van der Waals surface area contributed by atoms with Gasteiger partial charge in [0.15, 0.2) is 0 Å². The fourth-order valence-electron chi connectivity index (χ4n) is 2.04. The van der Waals surface area contributed by atoms with Crippen molar-refractivity contribution in [3.05, 3.63) is 0 Å². The molecule has 0 radical (unpaired) electrons. The summed E-state index contributed by atoms with van der Waals surface area (Å²) < 4.78 is 4.76. The van der Waals surface area contributed by atoms with Crippen LogP contribution in [0.4, 0.5) is 0 Å². The van der Waals surface area contributed by atoms with Crippen molar-refractivity contribution in [3.8, 4) is 0 Å². The van der Waals surface area contributed by atoms with Gasteiger partial charge >= 0.3 is 5.97 Å². The van der Waals surface area contributed by atoms with Gasteiger partial charge in [-0.25, -0.2) is 4.79 Å². The van der Waals surface area contributed by atoms with Gasteiger partial charge in [0.2, 0.25) is 5.91 Å². The fourth-order valence-corrected chi connectivity index (χ4v) is 2.04. The Morgan fingerprint density at radius 3 is 2.11 bits per heavy atom. The van der Waals surface area contributed by atoms with E-state index in [-0.39, 0.29) is 18.4 Å². The van der Waals surface area contributed by atoms with Crippen molar-refractivity contribution in [1.29, 1.82) is 0 Å². The number of hydrogen-bond donors (Lipinski definition) is 2. The molecule has 0 aliphatic heterocycles. The molecule has 0 fully saturated rings. The minimum Gasteiger partial charge on any atom is -0.467 e. The highest BCUT2D eigenvalue weighted by Gasteiger charge is 2.37. The zero-order chi connectivity index (χ0) is 15.1. The average molecular weight is 272 g/mol. The zero-order valence-electron chi connectivity index (χ0n) is 12.8. The van der Waals surface area contributed by atoms with E-state index in [1.54, 1.807) is 0 Å². The maximum Gasteiger partial charge on any atom is 0.328 e. The van der Waals surface area contributed by atoms with Crippen LogP contribution in [0.3, 0.4) is 0 Å². The molecule has 0 aliphatic carbocycles. The molecule has 0 rings (SSSR count). The first-order chi connectivity index (χ1) is 8.92. The number of hydrogen-bond acceptors (Lipinski definition) is 4. The summed E-state index contributed by atoms with van der Waals surface area (Å²) in [5.74, 6) is -0.530. The first-order valence-corrected chi connectivity index (χ1v) is 7.01. The molecule has 0 saturated heterocycles. The second-order valence-corrected chi connectivity index (χ2v) is 5.05. The van der Waals surface area contributed by atoms with Gasteiger partial charge in [-0.15, -0.1) is 0 Å². The molecule has 0 saturated carbocycles. The van der Waals surface area contributed by atoms with E-state index >= 15 is 0 Å². The molecule has 0 aromatic carbocycles. The summed E-state index contributed by atoms with van der Waals surface area (Å²) >= 11 is 0. The molecule has 0 aromatic heterocycles. The lowest BCUT2D eigenvalue weighted by Gasteiger charge is -2.32. The number of nitrogens with two attached hydrogens (primary N) is 1. The Labute approximate surface area is 116 Å². The number of carbonyl (C=O) groups is 2. The van der Waals surface area contributed by atoms with E-state index in [9.17, 15) is 9.59 Å². The number of esters is 1. The van der Waals surface area contributed by atoms with Crippen molar-refractivity contribution >= 4 is 11.9 Å². The second kappa shape index (κ2) is 8.15. The van der Waals surface area contributed by atoms with Gasteiger partial charge in [-0.05, 0) is 18.8 Å². The van der Waals surface area contributed by atoms with Crippen LogP contribution in [0.2, 0.25) is 0 Å². The van der Waals surface area contributed by atoms with Crippen LogP contribution in [-0.4, -0.2) is 31.6 Å². The number of nitrogens with one attached hydrogen (secondary N) is 1. The molecule has 0 aliphatic rings. The quantitative estimate of drug-likeness (QED) is 0.655. The molecule has 19 heavy (non-hydrogen) atoms. The lowest BCUT2D eigenvalue weighted by molar-refractivity contribution is -0.148. The van der Waals surface area contributed by atoms with E-state index in [2.05, 4.69) is 5.32 Å². The topological polar surface area (TPSA) is 81.4 Å². The molecule has 0 spiro atoms. The highest BCUT2D eigenvalue weighted by Crippen LogP contribution is 2.25. The molecule has 5 heteroatoms. The molecule has 0 bridgehead atoms. The van der Waals surface area contributed by atoms with Crippen molar-refractivity contribution in [2.24, 2.45) is 17.1 Å². The van der Waals surface area contributed by atoms with E-state index in [0.29, 0.717) is 12.8 Å². The lowest BCUT2D eigenvalue weighted by Crippen LogP contribution is -2.53. The SMILES string of the molecule is CCC(C)C(NC(=O)C(CC)(CC)CN)C(=O)OC. The van der Waals surface area contributed by atoms with Crippen molar-refractivity contribution in [3.63, 3.8) is 0 Å². The Morgan fingerprint density at radius 2 is 1.79 bits per heavy atom. The number of methoxy groups -OCH3 is 1. The lowest BCUT2D eigenvalue weighted by atomic mass is 9.81. The van der Waals surface area contributed by atoms with Crippen LogP contribution in [0.1, 0.15) is 47.0 Å². The molecule has 0 aromatic rings. The number of carbonyl (C=O) groups excluding carboxylic acids is 2. The largest absolute Gasteiger partial charge is 0.467 e. The third-order valence-electron chi connectivity index (χ3n) is 4.18. The molecule has 2 atom stereocenters. The third-order valence-corrected chi connectivity index (χ3v) is 4.18. The van der Waals surface area contributed by atoms with Gasteiger partial charge in [0.05, 0.1) is 12.5 Å². The Hall–Kier alpha value is -1.10. The fraction of sp³-hybridized carbons (Fsp3) is 0.857. The van der Waals surface area contributed by atoms with E-state index < -0.39 is 17.4 Å². The summed E-state index contributed by atoms with van der Waals surface area (Å²) in [6.07, 6.45) is 2.09. The summed E-state index contributed by atoms with van der Waals surface area (Å²) in [5.41, 5.74) is 5.15. The standard InChI is InChI=1S/C14H28N2O3/c1-6-10(4)11(12(17)19-5)16-13(18)14(7-2,8-3)9-15/h10-11H,6-9,15H2,1-5H3,(H,16,18). The Bertz CT molecular complexity index is 293. The summed E-state index contributed by atoms with van der Waals surface area (Å²) in [4.78, 5) is 24.2. The van der Waals surface area contributed by atoms with Crippen LogP contribution < -0.4 is 11.1 Å². The summed E-state index contributed by atoms with van der Waals surface area (Å²) in [5, 5.41) is 2.82. The van der Waals surface area contributed by atoms with E-state index in [1.807, 2.05) is 27.7 Å². The molecule has 0 heterocycles. The van der Waals surface area contributed by atoms with E-state index in [0.717, 1.165) is 6.42 Å². The first kappa shape index (κ1) is 17.9. The summed E-state index contributed by atoms with van der Waals surface area (Å²) in [6.45, 7) is 8.05. The molecular weight excluding hydrogens is 244 g/mol. The molecule has 3 N–H and O–H groups in total. The van der Waals surface area contributed by atoms with Crippen molar-refractivity contribution < 1.29 is 14.3 Å².